The number of hydrogen-bond acceptors (Lipinski definition) is 3. The van der Waals surface area contributed by atoms with Gasteiger partial charge in [-0.2, -0.15) is 0 Å². The van der Waals surface area contributed by atoms with E-state index in [0.29, 0.717) is 12.0 Å². The molecule has 5 heteroatoms. The second-order valence-corrected chi connectivity index (χ2v) is 7.08. The van der Waals surface area contributed by atoms with E-state index < -0.39 is 15.6 Å². The largest absolute Gasteiger partial charge is 0.298 e. The molecule has 0 saturated heterocycles. The van der Waals surface area contributed by atoms with Gasteiger partial charge in [0.25, 0.3) is 0 Å². The fourth-order valence-electron chi connectivity index (χ4n) is 1.64. The average Bonchev–Trinajstić information content (AvgIpc) is 2.23. The van der Waals surface area contributed by atoms with Crippen molar-refractivity contribution in [1.29, 1.82) is 0 Å². The molecule has 0 fully saturated rings. The highest BCUT2D eigenvalue weighted by atomic mass is 32.2. The molecule has 0 aliphatic heterocycles. The van der Waals surface area contributed by atoms with Crippen molar-refractivity contribution in [2.24, 2.45) is 0 Å². The first kappa shape index (κ1) is 14.9. The van der Waals surface area contributed by atoms with Crippen molar-refractivity contribution >= 4 is 16.3 Å². The smallest absolute Gasteiger partial charge is 0.212 e. The first-order valence-electron chi connectivity index (χ1n) is 5.78. The van der Waals surface area contributed by atoms with Gasteiger partial charge < -0.3 is 0 Å². The lowest BCUT2D eigenvalue weighted by Crippen LogP contribution is -2.42. The molecule has 0 aliphatic carbocycles. The van der Waals surface area contributed by atoms with E-state index in [2.05, 4.69) is 4.72 Å². The lowest BCUT2D eigenvalue weighted by atomic mass is 10.1. The summed E-state index contributed by atoms with van der Waals surface area (Å²) in [5, 5.41) is 0. The topological polar surface area (TPSA) is 63.2 Å². The van der Waals surface area contributed by atoms with Crippen LogP contribution in [-0.2, 0) is 16.4 Å². The SMILES string of the molecule is CC(C)(C)NS(=O)(=O)CCc1ccccc1C=O. The zero-order valence-corrected chi connectivity index (χ0v) is 11.8. The van der Waals surface area contributed by atoms with E-state index in [1.54, 1.807) is 45.0 Å². The molecule has 1 N–H and O–H groups in total. The van der Waals surface area contributed by atoms with Crippen LogP contribution in [0.2, 0.25) is 0 Å². The van der Waals surface area contributed by atoms with E-state index in [1.165, 1.54) is 0 Å². The van der Waals surface area contributed by atoms with Crippen LogP contribution in [0.5, 0.6) is 0 Å². The number of carbonyl (C=O) groups is 1. The van der Waals surface area contributed by atoms with E-state index in [-0.39, 0.29) is 5.75 Å². The number of aryl methyl sites for hydroxylation is 1. The van der Waals surface area contributed by atoms with E-state index in [0.717, 1.165) is 11.8 Å². The molecule has 0 spiro atoms. The van der Waals surface area contributed by atoms with Gasteiger partial charge in [-0.25, -0.2) is 13.1 Å². The minimum atomic E-state index is -3.33. The van der Waals surface area contributed by atoms with Gasteiger partial charge >= 0.3 is 0 Å². The Morgan fingerprint density at radius 3 is 2.39 bits per heavy atom. The Balaban J connectivity index is 2.73. The van der Waals surface area contributed by atoms with Crippen molar-refractivity contribution in [1.82, 2.24) is 4.72 Å². The number of carbonyl (C=O) groups excluding carboxylic acids is 1. The average molecular weight is 269 g/mol. The number of aldehydes is 1. The molecule has 0 saturated carbocycles. The van der Waals surface area contributed by atoms with Crippen LogP contribution in [0.4, 0.5) is 0 Å². The molecule has 1 aromatic carbocycles. The maximum Gasteiger partial charge on any atom is 0.212 e. The minimum Gasteiger partial charge on any atom is -0.298 e. The van der Waals surface area contributed by atoms with Crippen molar-refractivity contribution in [3.05, 3.63) is 35.4 Å². The third kappa shape index (κ3) is 4.98. The van der Waals surface area contributed by atoms with Crippen LogP contribution < -0.4 is 4.72 Å². The van der Waals surface area contributed by atoms with Crippen LogP contribution in [0, 0.1) is 0 Å². The molecule has 0 radical (unpaired) electrons. The summed E-state index contributed by atoms with van der Waals surface area (Å²) in [5.41, 5.74) is 0.818. The summed E-state index contributed by atoms with van der Waals surface area (Å²) in [4.78, 5) is 10.8. The summed E-state index contributed by atoms with van der Waals surface area (Å²) in [7, 11) is -3.33. The van der Waals surface area contributed by atoms with Crippen LogP contribution in [0.25, 0.3) is 0 Å². The lowest BCUT2D eigenvalue weighted by molar-refractivity contribution is 0.112. The third-order valence-electron chi connectivity index (χ3n) is 2.28. The van der Waals surface area contributed by atoms with Crippen LogP contribution in [-0.4, -0.2) is 26.0 Å². The van der Waals surface area contributed by atoms with Crippen molar-refractivity contribution in [2.45, 2.75) is 32.7 Å². The zero-order chi connectivity index (χ0) is 13.8. The molecule has 100 valence electrons. The van der Waals surface area contributed by atoms with Crippen molar-refractivity contribution in [3.63, 3.8) is 0 Å². The van der Waals surface area contributed by atoms with Gasteiger partial charge in [-0.3, -0.25) is 4.79 Å². The normalized spacial score (nSPS) is 12.4. The molecule has 0 amide bonds. The molecule has 1 aromatic rings. The molecule has 18 heavy (non-hydrogen) atoms. The van der Waals surface area contributed by atoms with Crippen LogP contribution in [0.3, 0.4) is 0 Å². The molecule has 0 atom stereocenters. The van der Waals surface area contributed by atoms with Gasteiger partial charge in [-0.05, 0) is 32.8 Å². The zero-order valence-electron chi connectivity index (χ0n) is 10.9. The van der Waals surface area contributed by atoms with Crippen molar-refractivity contribution < 1.29 is 13.2 Å². The molecule has 0 aromatic heterocycles. The summed E-state index contributed by atoms with van der Waals surface area (Å²) in [6.07, 6.45) is 1.08. The summed E-state index contributed by atoms with van der Waals surface area (Å²) < 4.78 is 26.2. The number of hydrogen-bond donors (Lipinski definition) is 1. The maximum absolute atomic E-state index is 11.8. The monoisotopic (exact) mass is 269 g/mol. The van der Waals surface area contributed by atoms with Gasteiger partial charge in [0.2, 0.25) is 10.0 Å². The van der Waals surface area contributed by atoms with Gasteiger partial charge in [0, 0.05) is 11.1 Å². The summed E-state index contributed by atoms with van der Waals surface area (Å²) in [6, 6.07) is 7.02. The van der Waals surface area contributed by atoms with E-state index >= 15 is 0 Å². The van der Waals surface area contributed by atoms with Gasteiger partial charge in [0.15, 0.2) is 0 Å². The van der Waals surface area contributed by atoms with E-state index in [1.807, 2.05) is 0 Å². The lowest BCUT2D eigenvalue weighted by Gasteiger charge is -2.20. The van der Waals surface area contributed by atoms with Crippen molar-refractivity contribution in [3.8, 4) is 0 Å². The Labute approximate surface area is 108 Å². The standard InChI is InChI=1S/C13H19NO3S/c1-13(2,3)14-18(16,17)9-8-11-6-4-5-7-12(11)10-15/h4-7,10,14H,8-9H2,1-3H3. The second kappa shape index (κ2) is 5.63. The van der Waals surface area contributed by atoms with Crippen molar-refractivity contribution in [2.75, 3.05) is 5.75 Å². The summed E-state index contributed by atoms with van der Waals surface area (Å²) in [6.45, 7) is 5.39. The highest BCUT2D eigenvalue weighted by Crippen LogP contribution is 2.09. The number of benzene rings is 1. The minimum absolute atomic E-state index is 0.0187. The quantitative estimate of drug-likeness (QED) is 0.828. The Bertz CT molecular complexity index is 515. The molecule has 0 heterocycles. The highest BCUT2D eigenvalue weighted by molar-refractivity contribution is 7.89. The summed E-state index contributed by atoms with van der Waals surface area (Å²) in [5.74, 6) is -0.0187. The highest BCUT2D eigenvalue weighted by Gasteiger charge is 2.19. The Kier molecular flexibility index (Phi) is 4.65. The molecule has 4 nitrogen and oxygen atoms in total. The van der Waals surface area contributed by atoms with Crippen LogP contribution in [0.15, 0.2) is 24.3 Å². The fraction of sp³-hybridized carbons (Fsp3) is 0.462. The molecule has 0 bridgehead atoms. The Hall–Kier alpha value is -1.20. The van der Waals surface area contributed by atoms with E-state index in [4.69, 9.17) is 0 Å². The number of sulfonamides is 1. The van der Waals surface area contributed by atoms with Gasteiger partial charge in [0.05, 0.1) is 5.75 Å². The maximum atomic E-state index is 11.8. The second-order valence-electron chi connectivity index (χ2n) is 5.24. The van der Waals surface area contributed by atoms with Crippen LogP contribution >= 0.6 is 0 Å². The van der Waals surface area contributed by atoms with Crippen LogP contribution in [0.1, 0.15) is 36.7 Å². The number of nitrogens with one attached hydrogen (secondary N) is 1. The van der Waals surface area contributed by atoms with Gasteiger partial charge in [0.1, 0.15) is 6.29 Å². The van der Waals surface area contributed by atoms with E-state index in [9.17, 15) is 13.2 Å². The molecule has 1 rings (SSSR count). The predicted molar refractivity (Wildman–Crippen MR) is 72.2 cm³/mol. The molecular weight excluding hydrogens is 250 g/mol. The fourth-order valence-corrected chi connectivity index (χ4v) is 3.16. The Morgan fingerprint density at radius 2 is 1.83 bits per heavy atom. The van der Waals surface area contributed by atoms with Gasteiger partial charge in [-0.15, -0.1) is 0 Å². The third-order valence-corrected chi connectivity index (χ3v) is 3.95. The molecule has 0 unspecified atom stereocenters. The first-order chi connectivity index (χ1) is 8.23. The number of rotatable bonds is 5. The molecular formula is C13H19NO3S. The van der Waals surface area contributed by atoms with Gasteiger partial charge in [-0.1, -0.05) is 24.3 Å². The summed E-state index contributed by atoms with van der Waals surface area (Å²) >= 11 is 0. The Morgan fingerprint density at radius 1 is 1.22 bits per heavy atom. The predicted octanol–water partition coefficient (Wildman–Crippen LogP) is 1.76. The first-order valence-corrected chi connectivity index (χ1v) is 7.43. The molecule has 0 aliphatic rings.